The Morgan fingerprint density at radius 2 is 1.36 bits per heavy atom. The molecule has 11 nitrogen and oxygen atoms in total. The second-order valence-corrected chi connectivity index (χ2v) is 5.33. The molecular formula is C13H30N4O7S. The summed E-state index contributed by atoms with van der Waals surface area (Å²) in [4.78, 5) is 29.7. The van der Waals surface area contributed by atoms with Gasteiger partial charge >= 0.3 is 17.9 Å². The van der Waals surface area contributed by atoms with Crippen molar-refractivity contribution in [3.05, 3.63) is 0 Å². The zero-order valence-electron chi connectivity index (χ0n) is 14.1. The van der Waals surface area contributed by atoms with Gasteiger partial charge in [-0.2, -0.15) is 12.6 Å². The molecule has 0 aromatic rings. The average Bonchev–Trinajstić information content (AvgIpc) is 2.54. The largest absolute Gasteiger partial charge is 0.480 e. The van der Waals surface area contributed by atoms with E-state index < -0.39 is 42.1 Å². The summed E-state index contributed by atoms with van der Waals surface area (Å²) >= 11 is 3.65. The highest BCUT2D eigenvalue weighted by Gasteiger charge is 2.16. The maximum atomic E-state index is 10.1. The first-order valence-electron chi connectivity index (χ1n) is 7.36. The Morgan fingerprint density at radius 1 is 0.920 bits per heavy atom. The molecule has 25 heavy (non-hydrogen) atoms. The SMILES string of the molecule is CC(O)C(N)C(=O)O.NC(CS)C(=O)O.NCCCCC(N)C(=O)O. The first kappa shape index (κ1) is 28.4. The fourth-order valence-corrected chi connectivity index (χ4v) is 1.07. The van der Waals surface area contributed by atoms with Gasteiger partial charge in [-0.1, -0.05) is 6.42 Å². The number of hydrogen-bond donors (Lipinski definition) is 9. The Balaban J connectivity index is -0.000000296. The Labute approximate surface area is 151 Å². The van der Waals surface area contributed by atoms with Gasteiger partial charge in [-0.05, 0) is 26.3 Å². The minimum atomic E-state index is -1.18. The zero-order valence-corrected chi connectivity index (χ0v) is 15.0. The van der Waals surface area contributed by atoms with Crippen LogP contribution in [0.5, 0.6) is 0 Å². The molecule has 0 aliphatic heterocycles. The Kier molecular flexibility index (Phi) is 19.7. The fraction of sp³-hybridized carbons (Fsp3) is 0.769. The minimum Gasteiger partial charge on any atom is -0.480 e. The van der Waals surface area contributed by atoms with E-state index in [0.717, 1.165) is 12.8 Å². The third-order valence-electron chi connectivity index (χ3n) is 2.61. The molecule has 12 heteroatoms. The molecule has 0 rings (SSSR count). The van der Waals surface area contributed by atoms with Crippen LogP contribution in [0.3, 0.4) is 0 Å². The van der Waals surface area contributed by atoms with Crippen LogP contribution < -0.4 is 22.9 Å². The predicted molar refractivity (Wildman–Crippen MR) is 95.3 cm³/mol. The summed E-state index contributed by atoms with van der Waals surface area (Å²) in [5.74, 6) is -2.93. The normalized spacial score (nSPS) is 14.5. The molecular weight excluding hydrogens is 356 g/mol. The first-order valence-corrected chi connectivity index (χ1v) is 7.99. The smallest absolute Gasteiger partial charge is 0.323 e. The van der Waals surface area contributed by atoms with Crippen molar-refractivity contribution in [3.63, 3.8) is 0 Å². The van der Waals surface area contributed by atoms with Gasteiger partial charge in [0.05, 0.1) is 6.10 Å². The average molecular weight is 386 g/mol. The van der Waals surface area contributed by atoms with Crippen molar-refractivity contribution in [3.8, 4) is 0 Å². The van der Waals surface area contributed by atoms with Gasteiger partial charge in [0.2, 0.25) is 0 Å². The highest BCUT2D eigenvalue weighted by molar-refractivity contribution is 7.80. The molecule has 0 bridgehead atoms. The number of unbranched alkanes of at least 4 members (excludes halogenated alkanes) is 1. The van der Waals surface area contributed by atoms with Crippen LogP contribution in [0.4, 0.5) is 0 Å². The van der Waals surface area contributed by atoms with Crippen molar-refractivity contribution in [1.82, 2.24) is 0 Å². The molecule has 0 spiro atoms. The highest BCUT2D eigenvalue weighted by Crippen LogP contribution is 1.97. The minimum absolute atomic E-state index is 0.190. The Morgan fingerprint density at radius 3 is 1.52 bits per heavy atom. The Bertz CT molecular complexity index is 385. The number of aliphatic carboxylic acids is 3. The van der Waals surface area contributed by atoms with Gasteiger partial charge in [0.1, 0.15) is 18.1 Å². The topological polar surface area (TPSA) is 236 Å². The standard InChI is InChI=1S/C6H14N2O2.C4H9NO3.C3H7NO2S/c7-4-2-1-3-5(8)6(9)10;1-2(6)3(5)4(7)8;4-2(1-7)3(5)6/h5H,1-4,7-8H2,(H,9,10);2-3,6H,5H2,1H3,(H,7,8);2,7H,1,4H2,(H,5,6). The summed E-state index contributed by atoms with van der Waals surface area (Å²) in [5.41, 5.74) is 20.3. The highest BCUT2D eigenvalue weighted by atomic mass is 32.1. The molecule has 0 saturated carbocycles. The molecule has 0 saturated heterocycles. The van der Waals surface area contributed by atoms with Crippen LogP contribution in [0.2, 0.25) is 0 Å². The van der Waals surface area contributed by atoms with Crippen LogP contribution in [0.25, 0.3) is 0 Å². The maximum Gasteiger partial charge on any atom is 0.323 e. The second-order valence-electron chi connectivity index (χ2n) is 4.96. The van der Waals surface area contributed by atoms with Crippen LogP contribution in [0, 0.1) is 0 Å². The van der Waals surface area contributed by atoms with Crippen molar-refractivity contribution < 1.29 is 34.8 Å². The van der Waals surface area contributed by atoms with E-state index >= 15 is 0 Å². The number of thiol groups is 1. The summed E-state index contributed by atoms with van der Waals surface area (Å²) in [6, 6.07) is -2.69. The van der Waals surface area contributed by atoms with E-state index in [-0.39, 0.29) is 5.75 Å². The van der Waals surface area contributed by atoms with Crippen LogP contribution in [-0.4, -0.2) is 74.9 Å². The molecule has 0 heterocycles. The molecule has 0 fully saturated rings. The fourth-order valence-electron chi connectivity index (χ4n) is 0.916. The monoisotopic (exact) mass is 386 g/mol. The van der Waals surface area contributed by atoms with Crippen LogP contribution >= 0.6 is 12.6 Å². The molecule has 0 radical (unpaired) electrons. The summed E-state index contributed by atoms with van der Waals surface area (Å²) in [7, 11) is 0. The van der Waals surface area contributed by atoms with E-state index in [9.17, 15) is 14.4 Å². The lowest BCUT2D eigenvalue weighted by molar-refractivity contribution is -0.141. The third kappa shape index (κ3) is 20.5. The molecule has 4 atom stereocenters. The molecule has 0 amide bonds. The number of nitrogens with two attached hydrogens (primary N) is 4. The summed E-state index contributed by atoms with van der Waals surface area (Å²) in [5, 5.41) is 32.9. The van der Waals surface area contributed by atoms with Crippen molar-refractivity contribution in [2.45, 2.75) is 50.4 Å². The number of hydrogen-bond acceptors (Lipinski definition) is 9. The number of aliphatic hydroxyl groups is 1. The van der Waals surface area contributed by atoms with E-state index in [2.05, 4.69) is 12.6 Å². The molecule has 4 unspecified atom stereocenters. The van der Waals surface area contributed by atoms with Crippen molar-refractivity contribution in [2.75, 3.05) is 12.3 Å². The quantitative estimate of drug-likeness (QED) is 0.150. The van der Waals surface area contributed by atoms with E-state index in [4.69, 9.17) is 43.4 Å². The van der Waals surface area contributed by atoms with Gasteiger partial charge in [-0.25, -0.2) is 0 Å². The maximum absolute atomic E-state index is 10.1. The molecule has 150 valence electrons. The molecule has 0 aliphatic rings. The van der Waals surface area contributed by atoms with Gasteiger partial charge in [0.15, 0.2) is 0 Å². The number of carboxylic acids is 3. The number of rotatable bonds is 9. The summed E-state index contributed by atoms with van der Waals surface area (Å²) < 4.78 is 0. The molecule has 0 aromatic heterocycles. The summed E-state index contributed by atoms with van der Waals surface area (Å²) in [6.07, 6.45) is 1.18. The van der Waals surface area contributed by atoms with E-state index in [1.54, 1.807) is 0 Å². The van der Waals surface area contributed by atoms with Crippen molar-refractivity contribution in [1.29, 1.82) is 0 Å². The van der Waals surface area contributed by atoms with Gasteiger partial charge in [-0.3, -0.25) is 14.4 Å². The predicted octanol–water partition coefficient (Wildman–Crippen LogP) is -2.37. The zero-order chi connectivity index (χ0) is 20.6. The van der Waals surface area contributed by atoms with Crippen LogP contribution in [-0.2, 0) is 14.4 Å². The van der Waals surface area contributed by atoms with Gasteiger partial charge in [0.25, 0.3) is 0 Å². The lowest BCUT2D eigenvalue weighted by Gasteiger charge is -2.06. The number of carbonyl (C=O) groups is 3. The molecule has 0 aliphatic carbocycles. The van der Waals surface area contributed by atoms with Crippen molar-refractivity contribution >= 4 is 30.5 Å². The number of carboxylic acid groups (broad SMARTS) is 3. The van der Waals surface area contributed by atoms with Crippen LogP contribution in [0.15, 0.2) is 0 Å². The van der Waals surface area contributed by atoms with Gasteiger partial charge < -0.3 is 43.4 Å². The second kappa shape index (κ2) is 17.4. The van der Waals surface area contributed by atoms with E-state index in [1.165, 1.54) is 6.92 Å². The van der Waals surface area contributed by atoms with Gasteiger partial charge in [0, 0.05) is 5.75 Å². The molecule has 12 N–H and O–H groups in total. The van der Waals surface area contributed by atoms with Crippen LogP contribution in [0.1, 0.15) is 26.2 Å². The molecule has 0 aromatic carbocycles. The van der Waals surface area contributed by atoms with E-state index in [0.29, 0.717) is 13.0 Å². The lowest BCUT2D eigenvalue weighted by Crippen LogP contribution is -2.39. The third-order valence-corrected chi connectivity index (χ3v) is 3.00. The first-order chi connectivity index (χ1) is 11.4. The number of aliphatic hydroxyl groups excluding tert-OH is 1. The van der Waals surface area contributed by atoms with Gasteiger partial charge in [-0.15, -0.1) is 0 Å². The summed E-state index contributed by atoms with van der Waals surface area (Å²) in [6.45, 7) is 1.94. The van der Waals surface area contributed by atoms with Crippen molar-refractivity contribution in [2.24, 2.45) is 22.9 Å². The Hall–Kier alpha value is -1.44. The van der Waals surface area contributed by atoms with E-state index in [1.807, 2.05) is 0 Å². The lowest BCUT2D eigenvalue weighted by atomic mass is 10.1.